The van der Waals surface area contributed by atoms with Gasteiger partial charge in [0, 0.05) is 16.5 Å². The van der Waals surface area contributed by atoms with Crippen LogP contribution in [0.1, 0.15) is 46.0 Å². The van der Waals surface area contributed by atoms with Crippen LogP contribution in [0.15, 0.2) is 24.3 Å². The maximum absolute atomic E-state index is 10.0. The Bertz CT molecular complexity index is 229. The monoisotopic (exact) mass is 266 g/mol. The minimum atomic E-state index is -0.0625. The van der Waals surface area contributed by atoms with Gasteiger partial charge >= 0.3 is 0 Å². The van der Waals surface area contributed by atoms with Crippen LogP contribution >= 0.6 is 0 Å². The smallest absolute Gasteiger partial charge is 0.137 e. The zero-order chi connectivity index (χ0) is 11.5. The predicted octanol–water partition coefficient (Wildman–Crippen LogP) is 3.22. The molecular formula is C13H20NiO2. The predicted molar refractivity (Wildman–Crippen MR) is 62.7 cm³/mol. The third-order valence-corrected chi connectivity index (χ3v) is 1.87. The summed E-state index contributed by atoms with van der Waals surface area (Å²) in [7, 11) is 0. The molecule has 1 rings (SSSR count). The third-order valence-electron chi connectivity index (χ3n) is 1.87. The maximum Gasteiger partial charge on any atom is 0.137 e. The van der Waals surface area contributed by atoms with E-state index in [9.17, 15) is 9.59 Å². The summed E-state index contributed by atoms with van der Waals surface area (Å²) in [4.78, 5) is 20.1. The van der Waals surface area contributed by atoms with Gasteiger partial charge in [-0.25, -0.2) is 0 Å². The van der Waals surface area contributed by atoms with Gasteiger partial charge in [0.05, 0.1) is 6.42 Å². The van der Waals surface area contributed by atoms with Crippen molar-refractivity contribution in [3.05, 3.63) is 24.3 Å². The van der Waals surface area contributed by atoms with Crippen molar-refractivity contribution in [3.8, 4) is 0 Å². The minimum absolute atomic E-state index is 0. The van der Waals surface area contributed by atoms with E-state index >= 15 is 0 Å². The molecule has 0 radical (unpaired) electrons. The first kappa shape index (κ1) is 17.7. The first-order chi connectivity index (χ1) is 7.13. The van der Waals surface area contributed by atoms with Crippen molar-refractivity contribution in [2.24, 2.45) is 0 Å². The van der Waals surface area contributed by atoms with Crippen LogP contribution in [0.3, 0.4) is 0 Å². The number of ketones is 2. The molecule has 0 saturated heterocycles. The van der Waals surface area contributed by atoms with Crippen molar-refractivity contribution < 1.29 is 26.1 Å². The Morgan fingerprint density at radius 3 is 1.56 bits per heavy atom. The second-order valence-corrected chi connectivity index (χ2v) is 3.72. The molecule has 0 aromatic carbocycles. The van der Waals surface area contributed by atoms with Gasteiger partial charge < -0.3 is 0 Å². The minimum Gasteiger partial charge on any atom is -0.300 e. The van der Waals surface area contributed by atoms with Crippen LogP contribution in [-0.4, -0.2) is 11.6 Å². The van der Waals surface area contributed by atoms with Crippen LogP contribution in [0.5, 0.6) is 0 Å². The summed E-state index contributed by atoms with van der Waals surface area (Å²) in [6, 6.07) is 0. The average molecular weight is 267 g/mol. The largest absolute Gasteiger partial charge is 0.300 e. The Balaban J connectivity index is 0. The van der Waals surface area contributed by atoms with E-state index in [2.05, 4.69) is 24.3 Å². The molecule has 1 aliphatic rings. The second-order valence-electron chi connectivity index (χ2n) is 3.72. The number of carbonyl (C=O) groups excluding carboxylic acids is 2. The SMILES string of the molecule is C1=CCCCCC=C1.CC(=O)CC(C)=O.[Ni]. The molecule has 0 saturated carbocycles. The fourth-order valence-corrected chi connectivity index (χ4v) is 1.22. The molecule has 0 fully saturated rings. The van der Waals surface area contributed by atoms with E-state index in [0.29, 0.717) is 0 Å². The molecule has 0 unspecified atom stereocenters. The first-order valence-corrected chi connectivity index (χ1v) is 5.43. The van der Waals surface area contributed by atoms with Gasteiger partial charge in [0.1, 0.15) is 11.6 Å². The molecule has 0 heterocycles. The van der Waals surface area contributed by atoms with Gasteiger partial charge in [0.25, 0.3) is 0 Å². The van der Waals surface area contributed by atoms with E-state index in [4.69, 9.17) is 0 Å². The quantitative estimate of drug-likeness (QED) is 0.568. The van der Waals surface area contributed by atoms with Gasteiger partial charge in [-0.1, -0.05) is 24.3 Å². The molecule has 3 heteroatoms. The molecule has 2 nitrogen and oxygen atoms in total. The summed E-state index contributed by atoms with van der Waals surface area (Å²) in [5.74, 6) is -0.125. The molecule has 0 bridgehead atoms. The van der Waals surface area contributed by atoms with E-state index in [-0.39, 0.29) is 34.5 Å². The zero-order valence-electron chi connectivity index (χ0n) is 9.98. The number of allylic oxidation sites excluding steroid dienone is 4. The Hall–Kier alpha value is -0.686. The normalized spacial score (nSPS) is 13.6. The average Bonchev–Trinajstić information content (AvgIpc) is 1.99. The fraction of sp³-hybridized carbons (Fsp3) is 0.538. The molecule has 0 aromatic heterocycles. The number of hydrogen-bond donors (Lipinski definition) is 0. The number of Topliss-reactive ketones (excluding diaryl/α,β-unsaturated/α-hetero) is 2. The summed E-state index contributed by atoms with van der Waals surface area (Å²) in [6.45, 7) is 2.81. The van der Waals surface area contributed by atoms with E-state index in [1.807, 2.05) is 0 Å². The Morgan fingerprint density at radius 2 is 1.31 bits per heavy atom. The Labute approximate surface area is 108 Å². The molecule has 16 heavy (non-hydrogen) atoms. The molecular weight excluding hydrogens is 247 g/mol. The molecule has 0 aliphatic heterocycles. The van der Waals surface area contributed by atoms with Crippen LogP contribution < -0.4 is 0 Å². The van der Waals surface area contributed by atoms with Crippen molar-refractivity contribution in [1.29, 1.82) is 0 Å². The number of carbonyl (C=O) groups is 2. The van der Waals surface area contributed by atoms with Crippen molar-refractivity contribution >= 4 is 11.6 Å². The van der Waals surface area contributed by atoms with Gasteiger partial charge in [-0.05, 0) is 39.5 Å². The molecule has 0 N–H and O–H groups in total. The molecule has 94 valence electrons. The molecule has 0 spiro atoms. The standard InChI is InChI=1S/C8H12.C5H8O2.Ni/c1-2-4-6-8-7-5-3-1;1-4(6)3-5(2)7;/h1-4H,5-8H2;3H2,1-2H3;. The summed E-state index contributed by atoms with van der Waals surface area (Å²) < 4.78 is 0. The van der Waals surface area contributed by atoms with Crippen molar-refractivity contribution in [2.45, 2.75) is 46.0 Å². The van der Waals surface area contributed by atoms with E-state index < -0.39 is 0 Å². The molecule has 0 amide bonds. The summed E-state index contributed by atoms with van der Waals surface area (Å²) in [5, 5.41) is 0. The zero-order valence-corrected chi connectivity index (χ0v) is 11.0. The van der Waals surface area contributed by atoms with Crippen LogP contribution in [-0.2, 0) is 26.1 Å². The van der Waals surface area contributed by atoms with E-state index in [0.717, 1.165) is 0 Å². The van der Waals surface area contributed by atoms with Crippen molar-refractivity contribution in [2.75, 3.05) is 0 Å². The number of hydrogen-bond acceptors (Lipinski definition) is 2. The van der Waals surface area contributed by atoms with Crippen molar-refractivity contribution in [1.82, 2.24) is 0 Å². The Morgan fingerprint density at radius 1 is 0.938 bits per heavy atom. The summed E-state index contributed by atoms with van der Waals surface area (Å²) in [5.41, 5.74) is 0. The van der Waals surface area contributed by atoms with Gasteiger partial charge in [-0.2, -0.15) is 0 Å². The summed E-state index contributed by atoms with van der Waals surface area (Å²) in [6.07, 6.45) is 14.1. The first-order valence-electron chi connectivity index (χ1n) is 5.43. The van der Waals surface area contributed by atoms with E-state index in [1.54, 1.807) is 0 Å². The second kappa shape index (κ2) is 12.4. The third kappa shape index (κ3) is 15.8. The fourth-order valence-electron chi connectivity index (χ4n) is 1.22. The van der Waals surface area contributed by atoms with Gasteiger partial charge in [-0.15, -0.1) is 0 Å². The van der Waals surface area contributed by atoms with Gasteiger partial charge in [-0.3, -0.25) is 9.59 Å². The van der Waals surface area contributed by atoms with Crippen molar-refractivity contribution in [3.63, 3.8) is 0 Å². The van der Waals surface area contributed by atoms with Gasteiger partial charge in [0.2, 0.25) is 0 Å². The molecule has 0 atom stereocenters. The topological polar surface area (TPSA) is 34.1 Å². The maximum atomic E-state index is 10.0. The molecule has 1 aliphatic carbocycles. The summed E-state index contributed by atoms with van der Waals surface area (Å²) >= 11 is 0. The van der Waals surface area contributed by atoms with Gasteiger partial charge in [0.15, 0.2) is 0 Å². The van der Waals surface area contributed by atoms with Crippen LogP contribution in [0.4, 0.5) is 0 Å². The van der Waals surface area contributed by atoms with Crippen LogP contribution in [0.2, 0.25) is 0 Å². The van der Waals surface area contributed by atoms with E-state index in [1.165, 1.54) is 39.5 Å². The molecule has 0 aromatic rings. The van der Waals surface area contributed by atoms with Crippen LogP contribution in [0.25, 0.3) is 0 Å². The number of rotatable bonds is 2. The van der Waals surface area contributed by atoms with Crippen LogP contribution in [0, 0.1) is 0 Å². The Kier molecular flexibility index (Phi) is 13.7.